The monoisotopic (exact) mass is 539 g/mol. The van der Waals surface area contributed by atoms with Crippen molar-refractivity contribution in [2.45, 2.75) is 52.6 Å². The molecule has 0 radical (unpaired) electrons. The lowest BCUT2D eigenvalue weighted by atomic mass is 10.0. The number of rotatable bonds is 7. The molecule has 8 nitrogen and oxygen atoms in total. The van der Waals surface area contributed by atoms with E-state index < -0.39 is 19.0 Å². The summed E-state index contributed by atoms with van der Waals surface area (Å²) in [7, 11) is 0. The van der Waals surface area contributed by atoms with Crippen molar-refractivity contribution in [3.63, 3.8) is 0 Å². The number of nitrogen functional groups attached to an aromatic ring is 1. The maximum absolute atomic E-state index is 12.8. The minimum absolute atomic E-state index is 0.182. The van der Waals surface area contributed by atoms with E-state index in [9.17, 15) is 8.78 Å². The smallest absolute Gasteiger partial charge is 0.250 e. The number of nitrogens with two attached hydrogens (primary N) is 1. The highest BCUT2D eigenvalue weighted by Crippen LogP contribution is 2.35. The van der Waals surface area contributed by atoms with Crippen LogP contribution in [0.2, 0.25) is 0 Å². The second-order valence-electron chi connectivity index (χ2n) is 9.77. The van der Waals surface area contributed by atoms with Gasteiger partial charge in [-0.2, -0.15) is 0 Å². The minimum Gasteiger partial charge on any atom is -0.491 e. The van der Waals surface area contributed by atoms with E-state index in [4.69, 9.17) is 15.5 Å². The molecule has 0 saturated carbocycles. The summed E-state index contributed by atoms with van der Waals surface area (Å²) >= 11 is 1.37. The molecule has 200 valence electrons. The first-order valence-corrected chi connectivity index (χ1v) is 13.4. The summed E-state index contributed by atoms with van der Waals surface area (Å²) in [4.78, 5) is 21.5. The van der Waals surface area contributed by atoms with Gasteiger partial charge >= 0.3 is 0 Å². The van der Waals surface area contributed by atoms with Crippen molar-refractivity contribution in [1.82, 2.24) is 25.3 Å². The highest BCUT2D eigenvalue weighted by atomic mass is 32.1. The summed E-state index contributed by atoms with van der Waals surface area (Å²) in [5.74, 6) is 2.33. The van der Waals surface area contributed by atoms with Gasteiger partial charge in [0.15, 0.2) is 5.13 Å². The molecule has 38 heavy (non-hydrogen) atoms. The quantitative estimate of drug-likeness (QED) is 0.319. The number of anilines is 2. The maximum atomic E-state index is 12.8. The largest absolute Gasteiger partial charge is 0.491 e. The van der Waals surface area contributed by atoms with E-state index >= 15 is 0 Å². The van der Waals surface area contributed by atoms with Crippen molar-refractivity contribution in [3.8, 4) is 16.9 Å². The summed E-state index contributed by atoms with van der Waals surface area (Å²) in [6.07, 6.45) is -0.605. The third kappa shape index (κ3) is 5.39. The third-order valence-electron chi connectivity index (χ3n) is 6.61. The molecule has 0 spiro atoms. The van der Waals surface area contributed by atoms with Gasteiger partial charge in [-0.05, 0) is 43.5 Å². The molecule has 1 unspecified atom stereocenters. The number of hydrogen-bond acceptors (Lipinski definition) is 9. The van der Waals surface area contributed by atoms with Crippen LogP contribution in [-0.4, -0.2) is 46.1 Å². The molecule has 0 fully saturated rings. The number of ether oxygens (including phenoxy) is 1. The Balaban J connectivity index is 1.50. The number of alkyl halides is 2. The van der Waals surface area contributed by atoms with Gasteiger partial charge in [-0.25, -0.2) is 28.7 Å². The lowest BCUT2D eigenvalue weighted by Gasteiger charge is -2.27. The fraction of sp³-hybridized carbons (Fsp3) is 0.407. The van der Waals surface area contributed by atoms with Crippen LogP contribution in [0, 0.1) is 6.92 Å². The molecule has 0 amide bonds. The number of halogens is 2. The van der Waals surface area contributed by atoms with Crippen molar-refractivity contribution < 1.29 is 13.5 Å². The lowest BCUT2D eigenvalue weighted by molar-refractivity contribution is 0.141. The van der Waals surface area contributed by atoms with Crippen LogP contribution in [0.5, 0.6) is 5.75 Å². The number of nitrogens with zero attached hydrogens (tertiary/aromatic N) is 5. The number of nitrogens with one attached hydrogen (secondary N) is 1. The van der Waals surface area contributed by atoms with Gasteiger partial charge in [-0.3, -0.25) is 0 Å². The van der Waals surface area contributed by atoms with Crippen LogP contribution in [0.3, 0.4) is 0 Å². The van der Waals surface area contributed by atoms with Gasteiger partial charge in [0.2, 0.25) is 0 Å². The van der Waals surface area contributed by atoms with Gasteiger partial charge in [0.1, 0.15) is 34.3 Å². The summed E-state index contributed by atoms with van der Waals surface area (Å²) < 4.78 is 31.7. The molecule has 0 aliphatic carbocycles. The minimum atomic E-state index is -2.44. The molecule has 11 heteroatoms. The summed E-state index contributed by atoms with van der Waals surface area (Å²) in [6.45, 7) is 9.29. The van der Waals surface area contributed by atoms with Crippen molar-refractivity contribution >= 4 is 32.6 Å². The van der Waals surface area contributed by atoms with Crippen molar-refractivity contribution in [3.05, 3.63) is 53.1 Å². The Bertz CT molecular complexity index is 1460. The fourth-order valence-corrected chi connectivity index (χ4v) is 5.46. The molecule has 3 N–H and O–H groups in total. The van der Waals surface area contributed by atoms with Gasteiger partial charge in [0, 0.05) is 35.1 Å². The second kappa shape index (κ2) is 10.7. The molecule has 1 atom stereocenters. The van der Waals surface area contributed by atoms with Crippen LogP contribution < -0.4 is 20.7 Å². The first kappa shape index (κ1) is 26.2. The molecule has 1 aliphatic heterocycles. The Morgan fingerprint density at radius 3 is 2.71 bits per heavy atom. The van der Waals surface area contributed by atoms with Gasteiger partial charge in [-0.1, -0.05) is 31.3 Å². The standard InChI is InChI=1S/C27H31F2N7OS/c1-14(2)23-15(3)33-24(16(4)31-12-22(28)29)35-25(23)36-7-8-37-21-6-5-17(9-19(21)13-36)18-10-20-26(32-11-18)38-27(30)34-20/h5-6,9-11,14,16,22,31H,7-8,12-13H2,1-4H3,(H2,30,34). The fourth-order valence-electron chi connectivity index (χ4n) is 4.81. The zero-order valence-electron chi connectivity index (χ0n) is 21.8. The third-order valence-corrected chi connectivity index (χ3v) is 7.42. The molecule has 4 aromatic rings. The Morgan fingerprint density at radius 2 is 1.95 bits per heavy atom. The molecule has 0 bridgehead atoms. The number of thiazole rings is 1. The maximum Gasteiger partial charge on any atom is 0.250 e. The van der Waals surface area contributed by atoms with E-state index in [1.54, 1.807) is 0 Å². The van der Waals surface area contributed by atoms with E-state index in [1.165, 1.54) is 11.3 Å². The van der Waals surface area contributed by atoms with Gasteiger partial charge in [0.25, 0.3) is 6.43 Å². The van der Waals surface area contributed by atoms with Crippen LogP contribution in [0.25, 0.3) is 21.5 Å². The van der Waals surface area contributed by atoms with E-state index in [-0.39, 0.29) is 5.92 Å². The van der Waals surface area contributed by atoms with Crippen LogP contribution in [0.15, 0.2) is 30.5 Å². The zero-order chi connectivity index (χ0) is 27.0. The number of aromatic nitrogens is 4. The molecular weight excluding hydrogens is 508 g/mol. The molecular formula is C27H31F2N7OS. The summed E-state index contributed by atoms with van der Waals surface area (Å²) in [6, 6.07) is 7.71. The van der Waals surface area contributed by atoms with Gasteiger partial charge in [-0.15, -0.1) is 0 Å². The Labute approximate surface area is 224 Å². The van der Waals surface area contributed by atoms with Gasteiger partial charge < -0.3 is 20.7 Å². The Morgan fingerprint density at radius 1 is 1.13 bits per heavy atom. The molecule has 3 aromatic heterocycles. The topological polar surface area (TPSA) is 102 Å². The highest BCUT2D eigenvalue weighted by molar-refractivity contribution is 7.21. The number of fused-ring (bicyclic) bond motifs is 2. The van der Waals surface area contributed by atoms with Crippen LogP contribution >= 0.6 is 11.3 Å². The van der Waals surface area contributed by atoms with Crippen molar-refractivity contribution in [2.24, 2.45) is 0 Å². The average Bonchev–Trinajstić information content (AvgIpc) is 3.11. The second-order valence-corrected chi connectivity index (χ2v) is 10.8. The molecule has 4 heterocycles. The Kier molecular flexibility index (Phi) is 7.40. The normalized spacial score (nSPS) is 14.6. The van der Waals surface area contributed by atoms with E-state index in [1.807, 2.05) is 38.2 Å². The van der Waals surface area contributed by atoms with E-state index in [0.717, 1.165) is 49.9 Å². The number of pyridine rings is 1. The number of hydrogen-bond donors (Lipinski definition) is 2. The van der Waals surface area contributed by atoms with E-state index in [2.05, 4.69) is 45.1 Å². The van der Waals surface area contributed by atoms with Crippen LogP contribution in [0.4, 0.5) is 19.7 Å². The average molecular weight is 540 g/mol. The molecule has 1 aliphatic rings. The van der Waals surface area contributed by atoms with Crippen LogP contribution in [-0.2, 0) is 6.54 Å². The highest BCUT2D eigenvalue weighted by Gasteiger charge is 2.25. The predicted molar refractivity (Wildman–Crippen MR) is 147 cm³/mol. The Hall–Kier alpha value is -3.44. The lowest BCUT2D eigenvalue weighted by Crippen LogP contribution is -2.31. The number of aryl methyl sites for hydroxylation is 1. The molecule has 1 aromatic carbocycles. The van der Waals surface area contributed by atoms with Crippen LogP contribution in [0.1, 0.15) is 55.4 Å². The molecule has 0 saturated heterocycles. The van der Waals surface area contributed by atoms with Crippen molar-refractivity contribution in [1.29, 1.82) is 0 Å². The predicted octanol–water partition coefficient (Wildman–Crippen LogP) is 5.48. The van der Waals surface area contributed by atoms with Crippen molar-refractivity contribution in [2.75, 3.05) is 30.3 Å². The SMILES string of the molecule is Cc1nc(C(C)NCC(F)F)nc(N2CCOc3ccc(-c4cnc5sc(N)nc5c4)cc3C2)c1C(C)C. The first-order chi connectivity index (χ1) is 18.2. The van der Waals surface area contributed by atoms with Gasteiger partial charge in [0.05, 0.1) is 19.1 Å². The number of benzene rings is 1. The van der Waals surface area contributed by atoms with E-state index in [0.29, 0.717) is 30.7 Å². The zero-order valence-corrected chi connectivity index (χ0v) is 22.6. The molecule has 5 rings (SSSR count). The first-order valence-electron chi connectivity index (χ1n) is 12.6. The summed E-state index contributed by atoms with van der Waals surface area (Å²) in [5, 5.41) is 3.33. The summed E-state index contributed by atoms with van der Waals surface area (Å²) in [5.41, 5.74) is 11.5.